The van der Waals surface area contributed by atoms with Crippen LogP contribution in [-0.2, 0) is 0 Å². The van der Waals surface area contributed by atoms with Crippen LogP contribution in [0, 0.1) is 0 Å². The Labute approximate surface area is 354 Å². The molecule has 0 amide bonds. The average Bonchev–Trinajstić information content (AvgIpc) is 3.13. The van der Waals surface area contributed by atoms with Gasteiger partial charge in [0.2, 0.25) is 0 Å². The lowest BCUT2D eigenvalue weighted by Crippen LogP contribution is -2.40. The number of unbranched alkanes of at least 4 members (excludes halogenated alkanes) is 36. The zero-order valence-corrected chi connectivity index (χ0v) is 41.5. The van der Waals surface area contributed by atoms with E-state index < -0.39 is 0 Å². The molecule has 1 heteroatoms. The van der Waals surface area contributed by atoms with Gasteiger partial charge in [-0.15, -0.1) is 0 Å². The molecule has 0 rings (SSSR count). The maximum absolute atomic E-state index is 2.72. The molecule has 0 fully saturated rings. The zero-order chi connectivity index (χ0) is 40.8. The van der Waals surface area contributed by atoms with Crippen molar-refractivity contribution in [3.63, 3.8) is 0 Å². The van der Waals surface area contributed by atoms with E-state index in [0.717, 1.165) is 0 Å². The number of rotatable bonds is 45. The molecule has 0 nitrogen and oxygen atoms in total. The van der Waals surface area contributed by atoms with Gasteiger partial charge in [0.1, 0.15) is 0 Å². The molecule has 0 atom stereocenters. The first-order valence-electron chi connectivity index (χ1n) is 26.4. The summed E-state index contributed by atoms with van der Waals surface area (Å²) in [5.74, 6) is 0. The van der Waals surface area contributed by atoms with Gasteiger partial charge < -0.3 is 0 Å². The van der Waals surface area contributed by atoms with Gasteiger partial charge in [0.15, 0.2) is 0 Å². The molecule has 55 heavy (non-hydrogen) atoms. The second-order valence-corrected chi connectivity index (χ2v) is 25.1. The second kappa shape index (κ2) is 38.6. The van der Waals surface area contributed by atoms with Gasteiger partial charge in [-0.2, -0.15) is 0 Å². The molecular formula is C54H111P. The normalized spacial score (nSPS) is 12.8. The Morgan fingerprint density at radius 3 is 0.473 bits per heavy atom. The van der Waals surface area contributed by atoms with Crippen LogP contribution >= 0.6 is 7.92 Å². The van der Waals surface area contributed by atoms with Crippen molar-refractivity contribution < 1.29 is 0 Å². The van der Waals surface area contributed by atoms with Crippen molar-refractivity contribution in [3.8, 4) is 0 Å². The molecule has 0 heterocycles. The molecule has 0 radical (unpaired) electrons. The Morgan fingerprint density at radius 1 is 0.200 bits per heavy atom. The highest BCUT2D eigenvalue weighted by Crippen LogP contribution is 2.71. The van der Waals surface area contributed by atoms with Gasteiger partial charge in [0.25, 0.3) is 0 Å². The molecule has 0 saturated carbocycles. The van der Waals surface area contributed by atoms with Gasteiger partial charge in [-0.25, -0.2) is 0 Å². The first kappa shape index (κ1) is 55.4. The molecule has 0 N–H and O–H groups in total. The fraction of sp³-hybridized carbons (Fsp3) is 1.00. The van der Waals surface area contributed by atoms with Crippen LogP contribution in [0.2, 0.25) is 0 Å². The highest BCUT2D eigenvalue weighted by atomic mass is 31.1. The highest BCUT2D eigenvalue weighted by molar-refractivity contribution is 7.62. The van der Waals surface area contributed by atoms with E-state index in [-0.39, 0.29) is 7.92 Å². The van der Waals surface area contributed by atoms with E-state index in [1.807, 2.05) is 0 Å². The van der Waals surface area contributed by atoms with Gasteiger partial charge in [-0.3, -0.25) is 0 Å². The van der Waals surface area contributed by atoms with Crippen molar-refractivity contribution in [2.75, 3.05) is 0 Å². The van der Waals surface area contributed by atoms with Crippen LogP contribution in [0.15, 0.2) is 0 Å². The Hall–Kier alpha value is 0.430. The summed E-state index contributed by atoms with van der Waals surface area (Å²) >= 11 is 0. The minimum absolute atomic E-state index is 0.112. The molecule has 0 aromatic rings. The quantitative estimate of drug-likeness (QED) is 0.0426. The predicted molar refractivity (Wildman–Crippen MR) is 260 cm³/mol. The Morgan fingerprint density at radius 2 is 0.327 bits per heavy atom. The lowest BCUT2D eigenvalue weighted by atomic mass is 10.00. The van der Waals surface area contributed by atoms with Crippen LogP contribution in [-0.4, -0.2) is 15.5 Å². The van der Waals surface area contributed by atoms with Gasteiger partial charge >= 0.3 is 0 Å². The van der Waals surface area contributed by atoms with E-state index in [9.17, 15) is 0 Å². The molecule has 0 bridgehead atoms. The molecule has 0 aromatic heterocycles. The van der Waals surface area contributed by atoms with Crippen LogP contribution in [0.1, 0.15) is 332 Å². The summed E-state index contributed by atoms with van der Waals surface area (Å²) in [6, 6.07) is 0. The first-order chi connectivity index (χ1) is 26.5. The van der Waals surface area contributed by atoms with E-state index >= 15 is 0 Å². The maximum Gasteiger partial charge on any atom is -0.0141 e. The van der Waals surface area contributed by atoms with Crippen LogP contribution in [0.5, 0.6) is 0 Å². The summed E-state index contributed by atoms with van der Waals surface area (Å²) in [5, 5.41) is 1.40. The van der Waals surface area contributed by atoms with E-state index in [0.29, 0.717) is 15.5 Å². The molecule has 0 unspecified atom stereocenters. The standard InChI is InChI=1S/C54H111P/c1-10-13-16-19-22-25-28-31-34-37-40-43-46-49-52(4,5)55(53(6,7)50-47-44-41-38-35-32-29-26-23-20-17-14-11-2)54(8,9)51-48-45-42-39-36-33-30-27-24-21-18-15-12-3/h10-51H2,1-9H3. The molecular weight excluding hydrogens is 680 g/mol. The monoisotopic (exact) mass is 791 g/mol. The minimum atomic E-state index is -0.112. The molecule has 0 spiro atoms. The van der Waals surface area contributed by atoms with Gasteiger partial charge in [0, 0.05) is 0 Å². The van der Waals surface area contributed by atoms with Crippen molar-refractivity contribution in [3.05, 3.63) is 0 Å². The lowest BCUT2D eigenvalue weighted by molar-refractivity contribution is 0.466. The Kier molecular flexibility index (Phi) is 38.9. The second-order valence-electron chi connectivity index (χ2n) is 20.8. The maximum atomic E-state index is 2.72. The summed E-state index contributed by atoms with van der Waals surface area (Å²) < 4.78 is 0. The average molecular weight is 791 g/mol. The van der Waals surface area contributed by atoms with Gasteiger partial charge in [0.05, 0.1) is 0 Å². The fourth-order valence-corrected chi connectivity index (χ4v) is 16.6. The van der Waals surface area contributed by atoms with Crippen LogP contribution in [0.25, 0.3) is 0 Å². The third kappa shape index (κ3) is 33.9. The van der Waals surface area contributed by atoms with E-state index in [1.54, 1.807) is 0 Å². The molecule has 0 aliphatic heterocycles. The minimum Gasteiger partial charge on any atom is -0.0893 e. The molecule has 0 aliphatic rings. The van der Waals surface area contributed by atoms with Crippen molar-refractivity contribution in [2.24, 2.45) is 0 Å². The SMILES string of the molecule is CCCCCCCCCCCCCCCC(C)(C)P(C(C)(C)CCCCCCCCCCCCCCC)C(C)(C)CCCCCCCCCCCCCCC. The first-order valence-corrected chi connectivity index (χ1v) is 27.7. The van der Waals surface area contributed by atoms with E-state index in [4.69, 9.17) is 0 Å². The van der Waals surface area contributed by atoms with Crippen molar-refractivity contribution >= 4 is 7.92 Å². The van der Waals surface area contributed by atoms with Crippen molar-refractivity contribution in [2.45, 2.75) is 347 Å². The molecule has 0 aromatic carbocycles. The Bertz CT molecular complexity index is 648. The summed E-state index contributed by atoms with van der Waals surface area (Å²) in [4.78, 5) is 0. The third-order valence-electron chi connectivity index (χ3n) is 13.5. The summed E-state index contributed by atoms with van der Waals surface area (Å²) in [7, 11) is -0.112. The van der Waals surface area contributed by atoms with Crippen molar-refractivity contribution in [1.29, 1.82) is 0 Å². The van der Waals surface area contributed by atoms with Crippen LogP contribution < -0.4 is 0 Å². The fourth-order valence-electron chi connectivity index (χ4n) is 10.5. The molecule has 332 valence electrons. The molecule has 0 aliphatic carbocycles. The smallest absolute Gasteiger partial charge is 0.0141 e. The zero-order valence-electron chi connectivity index (χ0n) is 40.6. The highest BCUT2D eigenvalue weighted by Gasteiger charge is 2.47. The number of hydrogen-bond donors (Lipinski definition) is 0. The van der Waals surface area contributed by atoms with E-state index in [2.05, 4.69) is 62.3 Å². The summed E-state index contributed by atoms with van der Waals surface area (Å²) in [5.41, 5.74) is 0. The largest absolute Gasteiger partial charge is 0.0893 e. The van der Waals surface area contributed by atoms with E-state index in [1.165, 1.54) is 270 Å². The lowest BCUT2D eigenvalue weighted by Gasteiger charge is -2.54. The number of hydrogen-bond acceptors (Lipinski definition) is 0. The third-order valence-corrected chi connectivity index (χ3v) is 17.8. The topological polar surface area (TPSA) is 0 Å². The van der Waals surface area contributed by atoms with Crippen LogP contribution in [0.3, 0.4) is 0 Å². The van der Waals surface area contributed by atoms with Crippen molar-refractivity contribution in [1.82, 2.24) is 0 Å². The summed E-state index contributed by atoms with van der Waals surface area (Å²) in [6.07, 6.45) is 61.3. The summed E-state index contributed by atoms with van der Waals surface area (Å²) in [6.45, 7) is 23.3. The predicted octanol–water partition coefficient (Wildman–Crippen LogP) is 21.2. The Balaban J connectivity index is 4.79. The molecule has 0 saturated heterocycles. The van der Waals surface area contributed by atoms with Crippen LogP contribution in [0.4, 0.5) is 0 Å². The van der Waals surface area contributed by atoms with Gasteiger partial charge in [-0.05, 0) is 34.7 Å². The van der Waals surface area contributed by atoms with Gasteiger partial charge in [-0.1, -0.05) is 321 Å².